The zero-order valence-electron chi connectivity index (χ0n) is 16.3. The molecule has 27 heavy (non-hydrogen) atoms. The monoisotopic (exact) mass is 368 g/mol. The number of fused-ring (bicyclic) bond motifs is 1. The van der Waals surface area contributed by atoms with Crippen LogP contribution >= 0.6 is 0 Å². The molecule has 1 aromatic heterocycles. The Morgan fingerprint density at radius 2 is 1.89 bits per heavy atom. The van der Waals surface area contributed by atoms with Crippen LogP contribution in [0.15, 0.2) is 24.3 Å². The molecule has 0 fully saturated rings. The van der Waals surface area contributed by atoms with E-state index >= 15 is 0 Å². The van der Waals surface area contributed by atoms with Crippen LogP contribution < -0.4 is 4.90 Å². The highest BCUT2D eigenvalue weighted by Crippen LogP contribution is 2.32. The normalized spacial score (nSPS) is 16.8. The second-order valence-corrected chi connectivity index (χ2v) is 7.12. The second kappa shape index (κ2) is 7.02. The second-order valence-electron chi connectivity index (χ2n) is 7.12. The number of hydrogen-bond donors (Lipinski definition) is 1. The molecular formula is C21H24N2O4. The summed E-state index contributed by atoms with van der Waals surface area (Å²) in [5, 5.41) is 0. The summed E-state index contributed by atoms with van der Waals surface area (Å²) in [6.45, 7) is 8.44. The molecule has 2 atom stereocenters. The largest absolute Gasteiger partial charge is 0.448 e. The third-order valence-electron chi connectivity index (χ3n) is 5.07. The van der Waals surface area contributed by atoms with Gasteiger partial charge in [-0.2, -0.15) is 0 Å². The minimum absolute atomic E-state index is 0.00911. The Balaban J connectivity index is 1.79. The van der Waals surface area contributed by atoms with E-state index in [9.17, 15) is 14.4 Å². The lowest BCUT2D eigenvalue weighted by Gasteiger charge is -2.25. The minimum Gasteiger partial charge on any atom is -0.448 e. The molecule has 0 radical (unpaired) electrons. The lowest BCUT2D eigenvalue weighted by molar-refractivity contribution is -0.126. The number of anilines is 1. The predicted octanol–water partition coefficient (Wildman–Crippen LogP) is 3.36. The van der Waals surface area contributed by atoms with Crippen LogP contribution in [0.5, 0.6) is 0 Å². The third-order valence-corrected chi connectivity index (χ3v) is 5.07. The Morgan fingerprint density at radius 3 is 2.52 bits per heavy atom. The first-order valence-electron chi connectivity index (χ1n) is 9.04. The van der Waals surface area contributed by atoms with Crippen molar-refractivity contribution in [3.8, 4) is 0 Å². The van der Waals surface area contributed by atoms with Crippen LogP contribution in [-0.4, -0.2) is 34.8 Å². The Hall–Kier alpha value is -2.89. The number of hydrogen-bond acceptors (Lipinski definition) is 4. The number of Topliss-reactive ketones (excluding diaryl/α,β-unsaturated/α-hetero) is 1. The number of aromatic amines is 1. The molecule has 2 aromatic rings. The first-order valence-corrected chi connectivity index (χ1v) is 9.04. The summed E-state index contributed by atoms with van der Waals surface area (Å²) in [5.41, 5.74) is 3.84. The van der Waals surface area contributed by atoms with Gasteiger partial charge in [-0.3, -0.25) is 9.59 Å². The van der Waals surface area contributed by atoms with Crippen LogP contribution in [-0.2, 0) is 16.0 Å². The van der Waals surface area contributed by atoms with E-state index in [2.05, 4.69) is 4.98 Å². The Morgan fingerprint density at radius 1 is 1.22 bits per heavy atom. The molecule has 1 aromatic carbocycles. The molecule has 142 valence electrons. The van der Waals surface area contributed by atoms with E-state index in [-0.39, 0.29) is 23.4 Å². The standard InChI is InChI=1S/C21H24N2O4/c1-11-10-16-8-6-7-9-17(16)23(11)20(25)15(5)27-21(26)19-12(2)18(14(4)24)13(3)22-19/h6-9,11,15,22H,10H2,1-5H3. The molecule has 0 aliphatic carbocycles. The van der Waals surface area contributed by atoms with E-state index in [1.54, 1.807) is 25.7 Å². The number of aryl methyl sites for hydroxylation is 1. The number of benzene rings is 1. The van der Waals surface area contributed by atoms with Gasteiger partial charge >= 0.3 is 5.97 Å². The van der Waals surface area contributed by atoms with Crippen LogP contribution in [0.1, 0.15) is 58.4 Å². The molecule has 1 aliphatic heterocycles. The zero-order valence-corrected chi connectivity index (χ0v) is 16.3. The number of nitrogens with zero attached hydrogens (tertiary/aromatic N) is 1. The van der Waals surface area contributed by atoms with Gasteiger partial charge in [0.25, 0.3) is 5.91 Å². The minimum atomic E-state index is -0.935. The van der Waals surface area contributed by atoms with Gasteiger partial charge in [-0.05, 0) is 58.2 Å². The molecule has 6 heteroatoms. The number of ketones is 1. The van der Waals surface area contributed by atoms with Crippen molar-refractivity contribution in [1.82, 2.24) is 4.98 Å². The average Bonchev–Trinajstić information content (AvgIpc) is 3.09. The molecule has 0 saturated heterocycles. The predicted molar refractivity (Wildman–Crippen MR) is 102 cm³/mol. The van der Waals surface area contributed by atoms with Gasteiger partial charge in [0.15, 0.2) is 11.9 Å². The lowest BCUT2D eigenvalue weighted by atomic mass is 10.1. The maximum Gasteiger partial charge on any atom is 0.355 e. The highest BCUT2D eigenvalue weighted by molar-refractivity contribution is 6.03. The fraction of sp³-hybridized carbons (Fsp3) is 0.381. The summed E-state index contributed by atoms with van der Waals surface area (Å²) in [4.78, 5) is 41.9. The first-order chi connectivity index (χ1) is 12.7. The number of ether oxygens (including phenoxy) is 1. The number of H-pyrrole nitrogens is 1. The van der Waals surface area contributed by atoms with Gasteiger partial charge in [0, 0.05) is 23.0 Å². The number of esters is 1. The first kappa shape index (κ1) is 18.9. The van der Waals surface area contributed by atoms with E-state index in [1.807, 2.05) is 31.2 Å². The maximum atomic E-state index is 12.9. The molecule has 1 N–H and O–H groups in total. The van der Waals surface area contributed by atoms with Crippen LogP contribution in [0.2, 0.25) is 0 Å². The van der Waals surface area contributed by atoms with Crippen molar-refractivity contribution in [2.45, 2.75) is 53.2 Å². The van der Waals surface area contributed by atoms with Gasteiger partial charge in [0.05, 0.1) is 0 Å². The number of nitrogens with one attached hydrogen (secondary N) is 1. The number of aromatic nitrogens is 1. The third kappa shape index (κ3) is 3.27. The average molecular weight is 368 g/mol. The molecule has 0 saturated carbocycles. The van der Waals surface area contributed by atoms with Gasteiger partial charge in [-0.1, -0.05) is 18.2 Å². The highest BCUT2D eigenvalue weighted by atomic mass is 16.5. The summed E-state index contributed by atoms with van der Waals surface area (Å²) < 4.78 is 5.43. The topological polar surface area (TPSA) is 79.5 Å². The van der Waals surface area contributed by atoms with Gasteiger partial charge in [0.1, 0.15) is 5.69 Å². The fourth-order valence-corrected chi connectivity index (χ4v) is 3.85. The summed E-state index contributed by atoms with van der Waals surface area (Å²) in [6, 6.07) is 7.76. The number of rotatable bonds is 4. The van der Waals surface area contributed by atoms with E-state index in [1.165, 1.54) is 6.92 Å². The van der Waals surface area contributed by atoms with Gasteiger partial charge in [0.2, 0.25) is 0 Å². The Kier molecular flexibility index (Phi) is 4.91. The number of para-hydroxylation sites is 1. The Labute approximate surface area is 158 Å². The Bertz CT molecular complexity index is 928. The lowest BCUT2D eigenvalue weighted by Crippen LogP contribution is -2.43. The SMILES string of the molecule is CC(=O)c1c(C)[nH]c(C(=O)OC(C)C(=O)N2c3ccccc3CC2C)c1C. The van der Waals surface area contributed by atoms with Gasteiger partial charge in [-0.25, -0.2) is 4.79 Å². The van der Waals surface area contributed by atoms with Crippen molar-refractivity contribution in [2.75, 3.05) is 4.90 Å². The molecule has 1 aliphatic rings. The van der Waals surface area contributed by atoms with Crippen LogP contribution in [0.3, 0.4) is 0 Å². The zero-order chi connectivity index (χ0) is 19.9. The quantitative estimate of drug-likeness (QED) is 0.663. The molecule has 0 bridgehead atoms. The molecule has 0 spiro atoms. The van der Waals surface area contributed by atoms with Crippen LogP contribution in [0.4, 0.5) is 5.69 Å². The van der Waals surface area contributed by atoms with Crippen LogP contribution in [0.25, 0.3) is 0 Å². The molecule has 2 unspecified atom stereocenters. The van der Waals surface area contributed by atoms with Crippen molar-refractivity contribution in [3.63, 3.8) is 0 Å². The number of amides is 1. The molecule has 3 rings (SSSR count). The van der Waals surface area contributed by atoms with Crippen molar-refractivity contribution in [1.29, 1.82) is 0 Å². The summed E-state index contributed by atoms with van der Waals surface area (Å²) in [5.74, 6) is -1.01. The van der Waals surface area contributed by atoms with Crippen molar-refractivity contribution >= 4 is 23.3 Å². The molecule has 2 heterocycles. The number of carbonyl (C=O) groups is 3. The van der Waals surface area contributed by atoms with Crippen molar-refractivity contribution in [2.24, 2.45) is 0 Å². The van der Waals surface area contributed by atoms with Crippen LogP contribution in [0, 0.1) is 13.8 Å². The van der Waals surface area contributed by atoms with Gasteiger partial charge in [-0.15, -0.1) is 0 Å². The van der Waals surface area contributed by atoms with E-state index < -0.39 is 12.1 Å². The van der Waals surface area contributed by atoms with E-state index in [4.69, 9.17) is 4.74 Å². The summed E-state index contributed by atoms with van der Waals surface area (Å²) in [6.07, 6.45) is -0.158. The summed E-state index contributed by atoms with van der Waals surface area (Å²) >= 11 is 0. The van der Waals surface area contributed by atoms with E-state index in [0.29, 0.717) is 16.8 Å². The maximum absolute atomic E-state index is 12.9. The summed E-state index contributed by atoms with van der Waals surface area (Å²) in [7, 11) is 0. The molecule has 1 amide bonds. The molecule has 6 nitrogen and oxygen atoms in total. The molecular weight excluding hydrogens is 344 g/mol. The highest BCUT2D eigenvalue weighted by Gasteiger charge is 2.35. The van der Waals surface area contributed by atoms with Gasteiger partial charge < -0.3 is 14.6 Å². The smallest absolute Gasteiger partial charge is 0.355 e. The van der Waals surface area contributed by atoms with Crippen molar-refractivity contribution < 1.29 is 19.1 Å². The number of carbonyl (C=O) groups excluding carboxylic acids is 3. The fourth-order valence-electron chi connectivity index (χ4n) is 3.85. The van der Waals surface area contributed by atoms with E-state index in [0.717, 1.165) is 17.7 Å². The van der Waals surface area contributed by atoms with Crippen molar-refractivity contribution in [3.05, 3.63) is 52.3 Å².